The van der Waals surface area contributed by atoms with Crippen LogP contribution in [0.3, 0.4) is 0 Å². The second kappa shape index (κ2) is 3.98. The van der Waals surface area contributed by atoms with Gasteiger partial charge in [0.05, 0.1) is 17.6 Å². The molecule has 0 aliphatic carbocycles. The standard InChI is InChI=1S/C7H8N4.C2H6/c1-4-3-8-7-6(9-4)5(2)10-11-7;1-2/h3H,1-2H3,(H,8,10,11);1-2H3. The fourth-order valence-corrected chi connectivity index (χ4v) is 0.994. The van der Waals surface area contributed by atoms with Crippen molar-refractivity contribution in [3.8, 4) is 0 Å². The Morgan fingerprint density at radius 2 is 1.92 bits per heavy atom. The Kier molecular flexibility index (Phi) is 2.95. The first kappa shape index (κ1) is 9.64. The van der Waals surface area contributed by atoms with Crippen molar-refractivity contribution in [3.63, 3.8) is 0 Å². The van der Waals surface area contributed by atoms with E-state index < -0.39 is 0 Å². The lowest BCUT2D eigenvalue weighted by Gasteiger charge is -1.89. The number of H-pyrrole nitrogens is 1. The molecule has 0 aliphatic rings. The average Bonchev–Trinajstić information content (AvgIpc) is 2.52. The van der Waals surface area contributed by atoms with Crippen LogP contribution in [0.25, 0.3) is 11.2 Å². The van der Waals surface area contributed by atoms with E-state index in [0.717, 1.165) is 16.9 Å². The molecular formula is C9H14N4. The summed E-state index contributed by atoms with van der Waals surface area (Å²) in [5.41, 5.74) is 3.44. The molecule has 0 radical (unpaired) electrons. The predicted octanol–water partition coefficient (Wildman–Crippen LogP) is 2.00. The van der Waals surface area contributed by atoms with E-state index in [1.54, 1.807) is 6.20 Å². The van der Waals surface area contributed by atoms with Crippen molar-refractivity contribution in [1.82, 2.24) is 20.2 Å². The summed E-state index contributed by atoms with van der Waals surface area (Å²) in [6, 6.07) is 0. The molecule has 2 heterocycles. The Balaban J connectivity index is 0.000000396. The molecule has 4 heteroatoms. The SMILES string of the molecule is CC.Cc1cnc2n[nH]c(C)c2n1. The summed E-state index contributed by atoms with van der Waals surface area (Å²) in [5.74, 6) is 0. The number of nitrogens with one attached hydrogen (secondary N) is 1. The molecule has 0 amide bonds. The van der Waals surface area contributed by atoms with Gasteiger partial charge in [-0.1, -0.05) is 13.8 Å². The predicted molar refractivity (Wildman–Crippen MR) is 52.5 cm³/mol. The summed E-state index contributed by atoms with van der Waals surface area (Å²) in [7, 11) is 0. The van der Waals surface area contributed by atoms with Gasteiger partial charge in [-0.15, -0.1) is 0 Å². The van der Waals surface area contributed by atoms with E-state index in [1.165, 1.54) is 0 Å². The Bertz CT molecular complexity index is 391. The van der Waals surface area contributed by atoms with Crippen molar-refractivity contribution in [2.75, 3.05) is 0 Å². The number of rotatable bonds is 0. The van der Waals surface area contributed by atoms with Crippen molar-refractivity contribution in [1.29, 1.82) is 0 Å². The number of aromatic amines is 1. The van der Waals surface area contributed by atoms with Crippen LogP contribution in [0.1, 0.15) is 25.2 Å². The van der Waals surface area contributed by atoms with Gasteiger partial charge in [-0.3, -0.25) is 5.10 Å². The molecule has 0 saturated carbocycles. The van der Waals surface area contributed by atoms with Crippen LogP contribution in [0.5, 0.6) is 0 Å². The average molecular weight is 178 g/mol. The third kappa shape index (κ3) is 1.83. The second-order valence-electron chi connectivity index (χ2n) is 2.53. The summed E-state index contributed by atoms with van der Waals surface area (Å²) in [5, 5.41) is 6.79. The third-order valence-electron chi connectivity index (χ3n) is 1.56. The molecule has 13 heavy (non-hydrogen) atoms. The molecule has 0 bridgehead atoms. The number of hydrogen-bond donors (Lipinski definition) is 1. The van der Waals surface area contributed by atoms with Crippen LogP contribution in [0.4, 0.5) is 0 Å². The second-order valence-corrected chi connectivity index (χ2v) is 2.53. The molecule has 0 aromatic carbocycles. The zero-order chi connectivity index (χ0) is 9.84. The van der Waals surface area contributed by atoms with Crippen molar-refractivity contribution in [3.05, 3.63) is 17.6 Å². The van der Waals surface area contributed by atoms with Crippen molar-refractivity contribution >= 4 is 11.2 Å². The van der Waals surface area contributed by atoms with Crippen LogP contribution >= 0.6 is 0 Å². The van der Waals surface area contributed by atoms with Gasteiger partial charge in [0.2, 0.25) is 0 Å². The van der Waals surface area contributed by atoms with Gasteiger partial charge < -0.3 is 0 Å². The van der Waals surface area contributed by atoms with Crippen LogP contribution in [0.15, 0.2) is 6.20 Å². The maximum atomic E-state index is 4.28. The van der Waals surface area contributed by atoms with E-state index in [-0.39, 0.29) is 0 Å². The van der Waals surface area contributed by atoms with Crippen molar-refractivity contribution in [2.45, 2.75) is 27.7 Å². The van der Waals surface area contributed by atoms with Gasteiger partial charge in [-0.2, -0.15) is 5.10 Å². The zero-order valence-corrected chi connectivity index (χ0v) is 8.42. The highest BCUT2D eigenvalue weighted by Gasteiger charge is 2.02. The summed E-state index contributed by atoms with van der Waals surface area (Å²) >= 11 is 0. The minimum atomic E-state index is 0.688. The van der Waals surface area contributed by atoms with E-state index in [9.17, 15) is 0 Å². The lowest BCUT2D eigenvalue weighted by Crippen LogP contribution is -1.84. The largest absolute Gasteiger partial charge is 0.278 e. The van der Waals surface area contributed by atoms with Gasteiger partial charge in [-0.05, 0) is 13.8 Å². The Hall–Kier alpha value is -1.45. The van der Waals surface area contributed by atoms with Crippen LogP contribution in [0, 0.1) is 13.8 Å². The highest BCUT2D eigenvalue weighted by atomic mass is 15.2. The number of fused-ring (bicyclic) bond motifs is 1. The lowest BCUT2D eigenvalue weighted by molar-refractivity contribution is 1.05. The summed E-state index contributed by atoms with van der Waals surface area (Å²) in [4.78, 5) is 8.38. The molecule has 0 aliphatic heterocycles. The highest BCUT2D eigenvalue weighted by molar-refractivity contribution is 5.71. The molecule has 2 aromatic rings. The van der Waals surface area contributed by atoms with Gasteiger partial charge in [-0.25, -0.2) is 9.97 Å². The van der Waals surface area contributed by atoms with Gasteiger partial charge >= 0.3 is 0 Å². The molecule has 2 aromatic heterocycles. The van der Waals surface area contributed by atoms with Crippen LogP contribution in [-0.2, 0) is 0 Å². The first-order chi connectivity index (χ1) is 6.27. The number of hydrogen-bond acceptors (Lipinski definition) is 3. The van der Waals surface area contributed by atoms with Crippen molar-refractivity contribution in [2.24, 2.45) is 0 Å². The minimum Gasteiger partial charge on any atom is -0.278 e. The van der Waals surface area contributed by atoms with Crippen molar-refractivity contribution < 1.29 is 0 Å². The molecule has 0 atom stereocenters. The number of nitrogens with zero attached hydrogens (tertiary/aromatic N) is 3. The van der Waals surface area contributed by atoms with Crippen LogP contribution in [-0.4, -0.2) is 20.2 Å². The van der Waals surface area contributed by atoms with Gasteiger partial charge in [0.25, 0.3) is 0 Å². The zero-order valence-electron chi connectivity index (χ0n) is 8.42. The monoisotopic (exact) mass is 178 g/mol. The smallest absolute Gasteiger partial charge is 0.199 e. The highest BCUT2D eigenvalue weighted by Crippen LogP contribution is 2.08. The summed E-state index contributed by atoms with van der Waals surface area (Å²) < 4.78 is 0. The molecule has 70 valence electrons. The molecule has 0 fully saturated rings. The molecule has 0 unspecified atom stereocenters. The van der Waals surface area contributed by atoms with Gasteiger partial charge in [0.15, 0.2) is 5.65 Å². The maximum Gasteiger partial charge on any atom is 0.199 e. The van der Waals surface area contributed by atoms with E-state index in [2.05, 4.69) is 20.2 Å². The van der Waals surface area contributed by atoms with E-state index in [1.807, 2.05) is 27.7 Å². The molecular weight excluding hydrogens is 164 g/mol. The summed E-state index contributed by atoms with van der Waals surface area (Å²) in [6.07, 6.45) is 1.71. The number of aromatic nitrogens is 4. The molecule has 0 spiro atoms. The fraction of sp³-hybridized carbons (Fsp3) is 0.444. The summed E-state index contributed by atoms with van der Waals surface area (Å²) in [6.45, 7) is 7.85. The van der Waals surface area contributed by atoms with Crippen LogP contribution < -0.4 is 0 Å². The topological polar surface area (TPSA) is 54.5 Å². The first-order valence-corrected chi connectivity index (χ1v) is 4.41. The maximum absolute atomic E-state index is 4.28. The molecule has 0 saturated heterocycles. The van der Waals surface area contributed by atoms with Gasteiger partial charge in [0.1, 0.15) is 5.52 Å². The molecule has 4 nitrogen and oxygen atoms in total. The normalized spacial score (nSPS) is 9.54. The minimum absolute atomic E-state index is 0.688. The van der Waals surface area contributed by atoms with E-state index in [0.29, 0.717) is 5.65 Å². The van der Waals surface area contributed by atoms with E-state index >= 15 is 0 Å². The quantitative estimate of drug-likeness (QED) is 0.671. The van der Waals surface area contributed by atoms with E-state index in [4.69, 9.17) is 0 Å². The lowest BCUT2D eigenvalue weighted by atomic mass is 10.4. The Labute approximate surface area is 77.4 Å². The van der Waals surface area contributed by atoms with Crippen LogP contribution in [0.2, 0.25) is 0 Å². The fourth-order valence-electron chi connectivity index (χ4n) is 0.994. The Morgan fingerprint density at radius 3 is 2.62 bits per heavy atom. The molecule has 1 N–H and O–H groups in total. The molecule has 2 rings (SSSR count). The van der Waals surface area contributed by atoms with Gasteiger partial charge in [0, 0.05) is 0 Å². The third-order valence-corrected chi connectivity index (χ3v) is 1.56. The first-order valence-electron chi connectivity index (χ1n) is 4.41. The number of aryl methyl sites for hydroxylation is 2. The Morgan fingerprint density at radius 1 is 1.23 bits per heavy atom.